The van der Waals surface area contributed by atoms with Gasteiger partial charge in [-0.1, -0.05) is 6.42 Å². The van der Waals surface area contributed by atoms with Crippen LogP contribution in [-0.4, -0.2) is 30.3 Å². The van der Waals surface area contributed by atoms with Crippen LogP contribution in [0.1, 0.15) is 24.8 Å². The van der Waals surface area contributed by atoms with Crippen molar-refractivity contribution < 1.29 is 0 Å². The smallest absolute Gasteiger partial charge is 0.151 e. The van der Waals surface area contributed by atoms with Gasteiger partial charge in [-0.05, 0) is 37.9 Å². The largest absolute Gasteiger partial charge is 0.358 e. The molecule has 1 heterocycles. The molecule has 0 saturated heterocycles. The van der Waals surface area contributed by atoms with E-state index in [1.807, 2.05) is 14.0 Å². The Balaban J connectivity index is 2.36. The zero-order valence-electron chi connectivity index (χ0n) is 9.61. The number of hydrogen-bond acceptors (Lipinski definition) is 4. The van der Waals surface area contributed by atoms with Crippen molar-refractivity contribution >= 4 is 5.82 Å². The summed E-state index contributed by atoms with van der Waals surface area (Å²) >= 11 is 0. The Labute approximate surface area is 91.5 Å². The predicted molar refractivity (Wildman–Crippen MR) is 62.9 cm³/mol. The standard InChI is InChI=1S/C11H20N4/c1-10-8-11(14-13-9-10)15(2)7-5-3-4-6-12/h8-9H,3-7,12H2,1-2H3. The third-order valence-electron chi connectivity index (χ3n) is 2.37. The third-order valence-corrected chi connectivity index (χ3v) is 2.37. The molecule has 0 bridgehead atoms. The minimum atomic E-state index is 0.786. The lowest BCUT2D eigenvalue weighted by Crippen LogP contribution is -2.20. The topological polar surface area (TPSA) is 55.0 Å². The summed E-state index contributed by atoms with van der Waals surface area (Å²) in [7, 11) is 2.05. The Morgan fingerprint density at radius 2 is 2.13 bits per heavy atom. The maximum absolute atomic E-state index is 5.44. The number of nitrogens with zero attached hydrogens (tertiary/aromatic N) is 3. The summed E-state index contributed by atoms with van der Waals surface area (Å²) in [6.45, 7) is 3.83. The molecule has 0 saturated carbocycles. The molecule has 0 aliphatic heterocycles. The normalized spacial score (nSPS) is 10.3. The van der Waals surface area contributed by atoms with Crippen LogP contribution >= 0.6 is 0 Å². The Hall–Kier alpha value is -1.16. The highest BCUT2D eigenvalue weighted by atomic mass is 15.2. The summed E-state index contributed by atoms with van der Waals surface area (Å²) in [4.78, 5) is 2.14. The average Bonchev–Trinajstić information content (AvgIpc) is 2.24. The molecule has 0 aliphatic carbocycles. The van der Waals surface area contributed by atoms with E-state index in [4.69, 9.17) is 5.73 Å². The number of anilines is 1. The molecule has 0 amide bonds. The van der Waals surface area contributed by atoms with Gasteiger partial charge in [-0.3, -0.25) is 0 Å². The van der Waals surface area contributed by atoms with Gasteiger partial charge in [-0.2, -0.15) is 5.10 Å². The third kappa shape index (κ3) is 4.25. The van der Waals surface area contributed by atoms with E-state index < -0.39 is 0 Å². The van der Waals surface area contributed by atoms with Crippen LogP contribution in [-0.2, 0) is 0 Å². The van der Waals surface area contributed by atoms with Crippen molar-refractivity contribution in [2.45, 2.75) is 26.2 Å². The molecule has 15 heavy (non-hydrogen) atoms. The molecule has 4 nitrogen and oxygen atoms in total. The molecule has 0 unspecified atom stereocenters. The molecular formula is C11H20N4. The van der Waals surface area contributed by atoms with E-state index in [2.05, 4.69) is 21.2 Å². The molecule has 0 radical (unpaired) electrons. The molecule has 0 aromatic carbocycles. The maximum Gasteiger partial charge on any atom is 0.151 e. The van der Waals surface area contributed by atoms with Gasteiger partial charge < -0.3 is 10.6 Å². The van der Waals surface area contributed by atoms with Gasteiger partial charge in [0.1, 0.15) is 0 Å². The van der Waals surface area contributed by atoms with Crippen molar-refractivity contribution in [3.63, 3.8) is 0 Å². The Kier molecular flexibility index (Phi) is 5.04. The molecular weight excluding hydrogens is 188 g/mol. The van der Waals surface area contributed by atoms with Crippen LogP contribution < -0.4 is 10.6 Å². The van der Waals surface area contributed by atoms with Crippen molar-refractivity contribution in [1.29, 1.82) is 0 Å². The summed E-state index contributed by atoms with van der Waals surface area (Å²) in [5.41, 5.74) is 6.59. The van der Waals surface area contributed by atoms with E-state index in [9.17, 15) is 0 Å². The van der Waals surface area contributed by atoms with E-state index >= 15 is 0 Å². The summed E-state index contributed by atoms with van der Waals surface area (Å²) in [5.74, 6) is 0.947. The fourth-order valence-corrected chi connectivity index (χ4v) is 1.42. The fraction of sp³-hybridized carbons (Fsp3) is 0.636. The first-order valence-electron chi connectivity index (χ1n) is 5.44. The highest BCUT2D eigenvalue weighted by Gasteiger charge is 2.02. The lowest BCUT2D eigenvalue weighted by molar-refractivity contribution is 0.674. The molecule has 0 spiro atoms. The molecule has 1 aromatic heterocycles. The van der Waals surface area contributed by atoms with Gasteiger partial charge in [-0.25, -0.2) is 0 Å². The molecule has 0 aliphatic rings. The minimum Gasteiger partial charge on any atom is -0.358 e. The second kappa shape index (κ2) is 6.35. The average molecular weight is 208 g/mol. The van der Waals surface area contributed by atoms with Gasteiger partial charge in [0.25, 0.3) is 0 Å². The van der Waals surface area contributed by atoms with Crippen LogP contribution in [0.15, 0.2) is 12.3 Å². The molecule has 0 atom stereocenters. The number of rotatable bonds is 6. The molecule has 4 heteroatoms. The van der Waals surface area contributed by atoms with Gasteiger partial charge in [0.15, 0.2) is 5.82 Å². The van der Waals surface area contributed by atoms with Crippen molar-refractivity contribution in [1.82, 2.24) is 10.2 Å². The van der Waals surface area contributed by atoms with Gasteiger partial charge in [-0.15, -0.1) is 5.10 Å². The first kappa shape index (κ1) is 11.9. The monoisotopic (exact) mass is 208 g/mol. The van der Waals surface area contributed by atoms with Crippen LogP contribution in [0.25, 0.3) is 0 Å². The highest BCUT2D eigenvalue weighted by Crippen LogP contribution is 2.09. The predicted octanol–water partition coefficient (Wildman–Crippen LogP) is 1.35. The van der Waals surface area contributed by atoms with Gasteiger partial charge in [0, 0.05) is 13.6 Å². The van der Waals surface area contributed by atoms with E-state index in [0.29, 0.717) is 0 Å². The van der Waals surface area contributed by atoms with Crippen LogP contribution in [0.3, 0.4) is 0 Å². The van der Waals surface area contributed by atoms with Gasteiger partial charge >= 0.3 is 0 Å². The van der Waals surface area contributed by atoms with Crippen LogP contribution in [0, 0.1) is 6.92 Å². The number of hydrogen-bond donors (Lipinski definition) is 1. The summed E-state index contributed by atoms with van der Waals surface area (Å²) < 4.78 is 0. The Morgan fingerprint density at radius 3 is 2.80 bits per heavy atom. The van der Waals surface area contributed by atoms with Gasteiger partial charge in [0.05, 0.1) is 6.20 Å². The molecule has 84 valence electrons. The Morgan fingerprint density at radius 1 is 1.33 bits per heavy atom. The lowest BCUT2D eigenvalue weighted by Gasteiger charge is -2.17. The Bertz CT molecular complexity index is 288. The van der Waals surface area contributed by atoms with Crippen molar-refractivity contribution in [2.75, 3.05) is 25.0 Å². The molecule has 2 N–H and O–H groups in total. The second-order valence-corrected chi connectivity index (χ2v) is 3.86. The van der Waals surface area contributed by atoms with Crippen molar-refractivity contribution in [3.05, 3.63) is 17.8 Å². The highest BCUT2D eigenvalue weighted by molar-refractivity contribution is 5.37. The van der Waals surface area contributed by atoms with E-state index in [0.717, 1.165) is 37.3 Å². The maximum atomic E-state index is 5.44. The first-order chi connectivity index (χ1) is 7.24. The number of unbranched alkanes of at least 4 members (excludes halogenated alkanes) is 2. The number of aromatic nitrogens is 2. The molecule has 0 fully saturated rings. The fourth-order valence-electron chi connectivity index (χ4n) is 1.42. The first-order valence-corrected chi connectivity index (χ1v) is 5.44. The quantitative estimate of drug-likeness (QED) is 0.717. The summed E-state index contributed by atoms with van der Waals surface area (Å²) in [6, 6.07) is 2.05. The minimum absolute atomic E-state index is 0.786. The lowest BCUT2D eigenvalue weighted by atomic mass is 10.2. The van der Waals surface area contributed by atoms with Gasteiger partial charge in [0.2, 0.25) is 0 Å². The van der Waals surface area contributed by atoms with Crippen LogP contribution in [0.5, 0.6) is 0 Å². The number of aryl methyl sites for hydroxylation is 1. The molecule has 1 aromatic rings. The molecule has 1 rings (SSSR count). The van der Waals surface area contributed by atoms with E-state index in [1.54, 1.807) is 6.20 Å². The van der Waals surface area contributed by atoms with E-state index in [1.165, 1.54) is 6.42 Å². The van der Waals surface area contributed by atoms with Crippen LogP contribution in [0.2, 0.25) is 0 Å². The number of nitrogens with two attached hydrogens (primary N) is 1. The van der Waals surface area contributed by atoms with Crippen LogP contribution in [0.4, 0.5) is 5.82 Å². The SMILES string of the molecule is Cc1cnnc(N(C)CCCCCN)c1. The summed E-state index contributed by atoms with van der Waals surface area (Å²) in [5, 5.41) is 8.03. The van der Waals surface area contributed by atoms with Crippen molar-refractivity contribution in [3.8, 4) is 0 Å². The second-order valence-electron chi connectivity index (χ2n) is 3.86. The zero-order chi connectivity index (χ0) is 11.1. The van der Waals surface area contributed by atoms with E-state index in [-0.39, 0.29) is 0 Å². The zero-order valence-corrected chi connectivity index (χ0v) is 9.61. The van der Waals surface area contributed by atoms with Crippen molar-refractivity contribution in [2.24, 2.45) is 5.73 Å². The summed E-state index contributed by atoms with van der Waals surface area (Å²) in [6.07, 6.45) is 5.21.